The fourth-order valence-corrected chi connectivity index (χ4v) is 5.24. The highest BCUT2D eigenvalue weighted by atomic mass is 32.2. The lowest BCUT2D eigenvalue weighted by molar-refractivity contribution is 0.397. The van der Waals surface area contributed by atoms with Crippen molar-refractivity contribution in [3.63, 3.8) is 0 Å². The van der Waals surface area contributed by atoms with Crippen LogP contribution >= 0.6 is 0 Å². The van der Waals surface area contributed by atoms with E-state index in [1.165, 1.54) is 10.4 Å². The Hall–Kier alpha value is -3.55. The zero-order chi connectivity index (χ0) is 22.4. The van der Waals surface area contributed by atoms with E-state index in [-0.39, 0.29) is 13.1 Å². The van der Waals surface area contributed by atoms with Crippen molar-refractivity contribution < 1.29 is 8.42 Å². The Labute approximate surface area is 188 Å². The van der Waals surface area contributed by atoms with Gasteiger partial charge in [-0.05, 0) is 41.0 Å². The van der Waals surface area contributed by atoms with E-state index in [1.807, 2.05) is 66.9 Å². The minimum atomic E-state index is -3.76. The zero-order valence-corrected chi connectivity index (χ0v) is 18.3. The summed E-state index contributed by atoms with van der Waals surface area (Å²) in [7, 11) is -3.76. The van der Waals surface area contributed by atoms with Crippen molar-refractivity contribution in [1.29, 1.82) is 0 Å². The molecule has 0 spiro atoms. The summed E-state index contributed by atoms with van der Waals surface area (Å²) in [6, 6.07) is 22.7. The van der Waals surface area contributed by atoms with Gasteiger partial charge >= 0.3 is 0 Å². The monoisotopic (exact) mass is 444 g/mol. The van der Waals surface area contributed by atoms with Crippen LogP contribution in [0.15, 0.2) is 110 Å². The fraction of sp³-hybridized carbons (Fsp3) is 0.120. The van der Waals surface area contributed by atoms with E-state index in [0.717, 1.165) is 16.8 Å². The van der Waals surface area contributed by atoms with E-state index >= 15 is 0 Å². The Kier molecular flexibility index (Phi) is 6.58. The quantitative estimate of drug-likeness (QED) is 0.356. The van der Waals surface area contributed by atoms with E-state index in [9.17, 15) is 8.42 Å². The Bertz CT molecular complexity index is 1240. The van der Waals surface area contributed by atoms with Crippen LogP contribution in [0.5, 0.6) is 0 Å². The van der Waals surface area contributed by atoms with Gasteiger partial charge in [0.25, 0.3) is 0 Å². The van der Waals surface area contributed by atoms with Gasteiger partial charge in [-0.1, -0.05) is 54.6 Å². The maximum Gasteiger partial charge on any atom is 0.225 e. The molecule has 2 aromatic carbocycles. The number of benzene rings is 2. The topological polar surface area (TPSA) is 68.1 Å². The van der Waals surface area contributed by atoms with Gasteiger partial charge in [0.05, 0.1) is 5.69 Å². The minimum absolute atomic E-state index is 0.237. The van der Waals surface area contributed by atoms with E-state index in [0.29, 0.717) is 5.56 Å². The number of rotatable bonds is 9. The summed E-state index contributed by atoms with van der Waals surface area (Å²) in [6.07, 6.45) is 8.24. The van der Waals surface area contributed by atoms with Crippen LogP contribution in [-0.2, 0) is 23.1 Å². The number of hydrogen-bond acceptors (Lipinski definition) is 4. The number of nitrogens with zero attached hydrogens (tertiary/aromatic N) is 4. The summed E-state index contributed by atoms with van der Waals surface area (Å²) in [5.74, 6) is 0. The third-order valence-corrected chi connectivity index (χ3v) is 7.26. The summed E-state index contributed by atoms with van der Waals surface area (Å²) < 4.78 is 30.7. The summed E-state index contributed by atoms with van der Waals surface area (Å²) in [5.41, 5.74) is 3.30. The van der Waals surface area contributed by atoms with E-state index < -0.39 is 15.3 Å². The van der Waals surface area contributed by atoms with Crippen LogP contribution in [0.2, 0.25) is 0 Å². The molecule has 2 aromatic heterocycles. The highest BCUT2D eigenvalue weighted by Crippen LogP contribution is 2.29. The first-order chi connectivity index (χ1) is 15.6. The second kappa shape index (κ2) is 9.72. The van der Waals surface area contributed by atoms with Gasteiger partial charge in [0, 0.05) is 37.9 Å². The van der Waals surface area contributed by atoms with Crippen molar-refractivity contribution in [2.24, 2.45) is 0 Å². The van der Waals surface area contributed by atoms with Gasteiger partial charge in [0.15, 0.2) is 0 Å². The second-order valence-corrected chi connectivity index (χ2v) is 9.41. The van der Waals surface area contributed by atoms with Crippen molar-refractivity contribution >= 4 is 10.0 Å². The zero-order valence-electron chi connectivity index (χ0n) is 17.5. The molecule has 0 N–H and O–H groups in total. The Morgan fingerprint density at radius 3 is 2.22 bits per heavy atom. The smallest absolute Gasteiger partial charge is 0.225 e. The number of aromatic nitrogens is 3. The van der Waals surface area contributed by atoms with E-state index in [2.05, 4.69) is 16.7 Å². The van der Waals surface area contributed by atoms with Gasteiger partial charge in [-0.15, -0.1) is 6.58 Å². The third kappa shape index (κ3) is 4.85. The molecule has 4 aromatic rings. The normalized spacial score (nSPS) is 12.5. The van der Waals surface area contributed by atoms with Gasteiger partial charge in [-0.2, -0.15) is 9.40 Å². The van der Waals surface area contributed by atoms with Crippen molar-refractivity contribution in [1.82, 2.24) is 19.1 Å². The number of pyridine rings is 1. The van der Waals surface area contributed by atoms with Gasteiger partial charge in [-0.25, -0.2) is 13.1 Å². The van der Waals surface area contributed by atoms with Crippen LogP contribution in [-0.4, -0.2) is 27.5 Å². The summed E-state index contributed by atoms with van der Waals surface area (Å²) >= 11 is 0. The molecule has 0 fully saturated rings. The molecule has 0 radical (unpaired) electrons. The maximum absolute atomic E-state index is 13.7. The molecule has 0 saturated heterocycles. The highest BCUT2D eigenvalue weighted by Gasteiger charge is 2.31. The molecule has 0 aliphatic heterocycles. The average Bonchev–Trinajstić information content (AvgIpc) is 3.36. The van der Waals surface area contributed by atoms with Crippen LogP contribution in [0.3, 0.4) is 0 Å². The molecule has 6 nitrogen and oxygen atoms in total. The largest absolute Gasteiger partial charge is 0.264 e. The predicted molar refractivity (Wildman–Crippen MR) is 125 cm³/mol. The summed E-state index contributed by atoms with van der Waals surface area (Å²) in [5, 5.41) is 3.35. The molecule has 1 atom stereocenters. The van der Waals surface area contributed by atoms with Crippen LogP contribution in [0.4, 0.5) is 0 Å². The molecular weight excluding hydrogens is 420 g/mol. The molecular formula is C25H24N4O2S. The molecule has 0 aliphatic carbocycles. The fourth-order valence-electron chi connectivity index (χ4n) is 3.54. The lowest BCUT2D eigenvalue weighted by Gasteiger charge is -2.26. The summed E-state index contributed by atoms with van der Waals surface area (Å²) in [6.45, 7) is 4.29. The number of hydrogen-bond donors (Lipinski definition) is 0. The maximum atomic E-state index is 13.7. The van der Waals surface area contributed by atoms with Crippen LogP contribution in [0, 0.1) is 0 Å². The van der Waals surface area contributed by atoms with Crippen LogP contribution in [0.1, 0.15) is 21.9 Å². The molecule has 7 heteroatoms. The molecule has 1 unspecified atom stereocenters. The molecule has 0 amide bonds. The van der Waals surface area contributed by atoms with Crippen molar-refractivity contribution in [2.75, 3.05) is 0 Å². The molecule has 162 valence electrons. The Balaban J connectivity index is 1.66. The standard InChI is InChI=1S/C25H24N4O2S/c1-2-25(23-10-6-15-26-18-23)32(30,31)28(19-21-8-4-3-5-9-21)20-22-11-13-24(14-12-22)29-17-7-16-27-29/h2-18,25H,1,19-20H2. The molecule has 32 heavy (non-hydrogen) atoms. The van der Waals surface area contributed by atoms with Crippen molar-refractivity contribution in [2.45, 2.75) is 18.3 Å². The lowest BCUT2D eigenvalue weighted by Crippen LogP contribution is -2.33. The molecule has 2 heterocycles. The van der Waals surface area contributed by atoms with Crippen molar-refractivity contribution in [3.05, 3.63) is 127 Å². The van der Waals surface area contributed by atoms with E-state index in [1.54, 1.807) is 35.4 Å². The highest BCUT2D eigenvalue weighted by molar-refractivity contribution is 7.89. The van der Waals surface area contributed by atoms with Gasteiger partial charge in [-0.3, -0.25) is 4.98 Å². The molecule has 0 saturated carbocycles. The first kappa shape index (κ1) is 21.7. The Morgan fingerprint density at radius 1 is 0.906 bits per heavy atom. The van der Waals surface area contributed by atoms with E-state index in [4.69, 9.17) is 0 Å². The number of sulfonamides is 1. The van der Waals surface area contributed by atoms with Gasteiger partial charge in [0.1, 0.15) is 5.25 Å². The second-order valence-electron chi connectivity index (χ2n) is 7.36. The minimum Gasteiger partial charge on any atom is -0.264 e. The Morgan fingerprint density at radius 2 is 1.62 bits per heavy atom. The van der Waals surface area contributed by atoms with Crippen LogP contribution in [0.25, 0.3) is 5.69 Å². The molecule has 0 aliphatic rings. The van der Waals surface area contributed by atoms with Crippen molar-refractivity contribution in [3.8, 4) is 5.69 Å². The first-order valence-corrected chi connectivity index (χ1v) is 11.7. The third-order valence-electron chi connectivity index (χ3n) is 5.17. The lowest BCUT2D eigenvalue weighted by atomic mass is 10.2. The molecule has 0 bridgehead atoms. The predicted octanol–water partition coefficient (Wildman–Crippen LogP) is 4.53. The molecule has 4 rings (SSSR count). The van der Waals surface area contributed by atoms with Gasteiger partial charge in [0.2, 0.25) is 10.0 Å². The average molecular weight is 445 g/mol. The summed E-state index contributed by atoms with van der Waals surface area (Å²) in [4.78, 5) is 4.09. The first-order valence-electron chi connectivity index (χ1n) is 10.2. The SMILES string of the molecule is C=CC(c1cccnc1)S(=O)(=O)N(Cc1ccccc1)Cc1ccc(-n2cccn2)cc1. The van der Waals surface area contributed by atoms with Gasteiger partial charge < -0.3 is 0 Å². The van der Waals surface area contributed by atoms with Crippen LogP contribution < -0.4 is 0 Å².